The van der Waals surface area contributed by atoms with Crippen molar-refractivity contribution in [3.63, 3.8) is 0 Å². The van der Waals surface area contributed by atoms with Gasteiger partial charge in [-0.3, -0.25) is 4.72 Å². The number of nitrogens with one attached hydrogen (secondary N) is 1. The Balaban J connectivity index is 2.40. The summed E-state index contributed by atoms with van der Waals surface area (Å²) < 4.78 is 76.7. The molecule has 2 rings (SSSR count). The molecule has 0 aromatic heterocycles. The second-order valence-corrected chi connectivity index (χ2v) is 7.05. The van der Waals surface area contributed by atoms with E-state index in [9.17, 15) is 31.2 Å². The Morgan fingerprint density at radius 3 is 2.03 bits per heavy atom. The Kier molecular flexibility index (Phi) is 6.37. The van der Waals surface area contributed by atoms with Gasteiger partial charge in [0.15, 0.2) is 0 Å². The van der Waals surface area contributed by atoms with Crippen LogP contribution in [0.3, 0.4) is 0 Å². The van der Waals surface area contributed by atoms with E-state index in [4.69, 9.17) is 0 Å². The largest absolute Gasteiger partial charge is 0.573 e. The molecule has 0 radical (unpaired) electrons. The molecule has 0 bridgehead atoms. The molecule has 0 saturated carbocycles. The molecule has 2 aromatic rings. The normalized spacial score (nSPS) is 11.5. The van der Waals surface area contributed by atoms with Crippen LogP contribution in [0.2, 0.25) is 0 Å². The van der Waals surface area contributed by atoms with Gasteiger partial charge in [-0.1, -0.05) is 0 Å². The zero-order valence-corrected chi connectivity index (χ0v) is 15.8. The quantitative estimate of drug-likeness (QED) is 0.698. The summed E-state index contributed by atoms with van der Waals surface area (Å²) in [5, 5.41) is 0. The summed E-state index contributed by atoms with van der Waals surface area (Å²) in [5.41, 5.74) is -0.525. The predicted octanol–water partition coefficient (Wildman–Crippen LogP) is 2.96. The standard InChI is InChI=1S/C17H14F3NO7S/c1-26-15(22)10-3-8-13(16(23)27-2)14(9-10)21-29(24,25)12-6-4-11(5-7-12)28-17(18,19)20/h3-9,21H,1-2H3. The van der Waals surface area contributed by atoms with E-state index < -0.39 is 39.0 Å². The number of anilines is 1. The van der Waals surface area contributed by atoms with Crippen LogP contribution in [0.4, 0.5) is 18.9 Å². The molecule has 1 N–H and O–H groups in total. The molecule has 0 aliphatic rings. The molecule has 156 valence electrons. The molecule has 0 aliphatic heterocycles. The Hall–Kier alpha value is -3.28. The first-order valence-electron chi connectivity index (χ1n) is 7.66. The van der Waals surface area contributed by atoms with Gasteiger partial charge in [0.1, 0.15) is 5.75 Å². The molecule has 8 nitrogen and oxygen atoms in total. The molecule has 0 atom stereocenters. The fourth-order valence-electron chi connectivity index (χ4n) is 2.19. The van der Waals surface area contributed by atoms with Crippen LogP contribution in [0.1, 0.15) is 20.7 Å². The van der Waals surface area contributed by atoms with Crippen molar-refractivity contribution in [2.75, 3.05) is 18.9 Å². The first-order valence-corrected chi connectivity index (χ1v) is 9.14. The van der Waals surface area contributed by atoms with Gasteiger partial charge in [0.05, 0.1) is 35.9 Å². The monoisotopic (exact) mass is 433 g/mol. The lowest BCUT2D eigenvalue weighted by Crippen LogP contribution is -2.18. The maximum absolute atomic E-state index is 12.6. The minimum Gasteiger partial charge on any atom is -0.465 e. The average molecular weight is 433 g/mol. The van der Waals surface area contributed by atoms with E-state index in [0.29, 0.717) is 0 Å². The topological polar surface area (TPSA) is 108 Å². The van der Waals surface area contributed by atoms with Crippen molar-refractivity contribution < 1.29 is 45.4 Å². The van der Waals surface area contributed by atoms with Gasteiger partial charge in [-0.05, 0) is 42.5 Å². The molecule has 2 aromatic carbocycles. The SMILES string of the molecule is COC(=O)c1ccc(C(=O)OC)c(NS(=O)(=O)c2ccc(OC(F)(F)F)cc2)c1. The highest BCUT2D eigenvalue weighted by Crippen LogP contribution is 2.26. The van der Waals surface area contributed by atoms with Crippen LogP contribution in [0.5, 0.6) is 5.75 Å². The summed E-state index contributed by atoms with van der Waals surface area (Å²) in [4.78, 5) is 23.2. The van der Waals surface area contributed by atoms with Gasteiger partial charge in [-0.15, -0.1) is 13.2 Å². The van der Waals surface area contributed by atoms with E-state index in [1.807, 2.05) is 0 Å². The highest BCUT2D eigenvalue weighted by Gasteiger charge is 2.31. The van der Waals surface area contributed by atoms with Crippen molar-refractivity contribution in [3.8, 4) is 5.75 Å². The average Bonchev–Trinajstić information content (AvgIpc) is 2.65. The highest BCUT2D eigenvalue weighted by molar-refractivity contribution is 7.92. The summed E-state index contributed by atoms with van der Waals surface area (Å²) in [6, 6.07) is 6.85. The lowest BCUT2D eigenvalue weighted by Gasteiger charge is -2.13. The first-order chi connectivity index (χ1) is 13.5. The zero-order chi connectivity index (χ0) is 21.8. The lowest BCUT2D eigenvalue weighted by molar-refractivity contribution is -0.274. The number of hydrogen-bond acceptors (Lipinski definition) is 7. The van der Waals surface area contributed by atoms with E-state index in [0.717, 1.165) is 50.6 Å². The summed E-state index contributed by atoms with van der Waals surface area (Å²) in [6.07, 6.45) is -4.93. The number of ether oxygens (including phenoxy) is 3. The third-order valence-electron chi connectivity index (χ3n) is 3.46. The molecule has 29 heavy (non-hydrogen) atoms. The first kappa shape index (κ1) is 22.0. The number of rotatable bonds is 6. The van der Waals surface area contributed by atoms with Crippen molar-refractivity contribution in [3.05, 3.63) is 53.6 Å². The molecule has 0 aliphatic carbocycles. The van der Waals surface area contributed by atoms with E-state index in [-0.39, 0.29) is 16.8 Å². The third kappa shape index (κ3) is 5.60. The van der Waals surface area contributed by atoms with E-state index in [1.165, 1.54) is 6.07 Å². The van der Waals surface area contributed by atoms with Gasteiger partial charge >= 0.3 is 18.3 Å². The van der Waals surface area contributed by atoms with Gasteiger partial charge in [0.2, 0.25) is 0 Å². The van der Waals surface area contributed by atoms with Crippen molar-refractivity contribution in [2.24, 2.45) is 0 Å². The second-order valence-electron chi connectivity index (χ2n) is 5.37. The van der Waals surface area contributed by atoms with Gasteiger partial charge in [-0.25, -0.2) is 18.0 Å². The molecule has 0 spiro atoms. The number of halogens is 3. The molecular weight excluding hydrogens is 419 g/mol. The molecule has 0 fully saturated rings. The summed E-state index contributed by atoms with van der Waals surface area (Å²) >= 11 is 0. The molecule has 0 heterocycles. The maximum atomic E-state index is 12.6. The van der Waals surface area contributed by atoms with Crippen molar-refractivity contribution in [1.82, 2.24) is 0 Å². The minimum atomic E-state index is -4.93. The lowest BCUT2D eigenvalue weighted by atomic mass is 10.1. The van der Waals surface area contributed by atoms with Crippen molar-refractivity contribution >= 4 is 27.6 Å². The van der Waals surface area contributed by atoms with Gasteiger partial charge in [0.25, 0.3) is 10.0 Å². The number of sulfonamides is 1. The van der Waals surface area contributed by atoms with Crippen LogP contribution >= 0.6 is 0 Å². The van der Waals surface area contributed by atoms with Crippen molar-refractivity contribution in [2.45, 2.75) is 11.3 Å². The van der Waals surface area contributed by atoms with Crippen molar-refractivity contribution in [1.29, 1.82) is 0 Å². The van der Waals surface area contributed by atoms with Crippen LogP contribution in [0.15, 0.2) is 47.4 Å². The number of hydrogen-bond donors (Lipinski definition) is 1. The van der Waals surface area contributed by atoms with Gasteiger partial charge < -0.3 is 14.2 Å². The molecule has 0 amide bonds. The number of esters is 2. The van der Waals surface area contributed by atoms with E-state index >= 15 is 0 Å². The van der Waals surface area contributed by atoms with E-state index in [1.54, 1.807) is 0 Å². The predicted molar refractivity (Wildman–Crippen MR) is 93.1 cm³/mol. The fraction of sp³-hybridized carbons (Fsp3) is 0.176. The summed E-state index contributed by atoms with van der Waals surface area (Å²) in [5.74, 6) is -2.28. The third-order valence-corrected chi connectivity index (χ3v) is 4.84. The number of benzene rings is 2. The Morgan fingerprint density at radius 2 is 1.52 bits per heavy atom. The Labute approximate surface area is 163 Å². The van der Waals surface area contributed by atoms with Crippen LogP contribution in [0, 0.1) is 0 Å². The second kappa shape index (κ2) is 8.39. The molecule has 12 heteroatoms. The zero-order valence-electron chi connectivity index (χ0n) is 14.9. The van der Waals surface area contributed by atoms with Crippen LogP contribution in [-0.4, -0.2) is 40.9 Å². The highest BCUT2D eigenvalue weighted by atomic mass is 32.2. The Bertz CT molecular complexity index is 1020. The molecular formula is C17H14F3NO7S. The number of carbonyl (C=O) groups is 2. The van der Waals surface area contributed by atoms with Crippen LogP contribution in [0.25, 0.3) is 0 Å². The van der Waals surface area contributed by atoms with Crippen LogP contribution < -0.4 is 9.46 Å². The van der Waals surface area contributed by atoms with E-state index in [2.05, 4.69) is 18.9 Å². The molecule has 0 unspecified atom stereocenters. The number of alkyl halides is 3. The number of methoxy groups -OCH3 is 2. The minimum absolute atomic E-state index is 0.0493. The fourth-order valence-corrected chi connectivity index (χ4v) is 3.26. The van der Waals surface area contributed by atoms with Gasteiger partial charge in [0, 0.05) is 0 Å². The molecule has 0 saturated heterocycles. The smallest absolute Gasteiger partial charge is 0.465 e. The summed E-state index contributed by atoms with van der Waals surface area (Å²) in [6.45, 7) is 0. The summed E-state index contributed by atoms with van der Waals surface area (Å²) in [7, 11) is -2.14. The van der Waals surface area contributed by atoms with Crippen LogP contribution in [-0.2, 0) is 19.5 Å². The number of carbonyl (C=O) groups excluding carboxylic acids is 2. The maximum Gasteiger partial charge on any atom is 0.573 e. The van der Waals surface area contributed by atoms with Gasteiger partial charge in [-0.2, -0.15) is 0 Å². The Morgan fingerprint density at radius 1 is 0.931 bits per heavy atom.